The van der Waals surface area contributed by atoms with Crippen LogP contribution in [0.3, 0.4) is 0 Å². The standard InChI is InChI=1S/C16H20N2O3/c1-11-15(9-19)17-18-16(11)12-4-6-13(7-5-12)21-10-14-3-2-8-20-14/h4-7,14,19H,2-3,8-10H2,1H3,(H,17,18). The van der Waals surface area contributed by atoms with Gasteiger partial charge in [0.05, 0.1) is 24.1 Å². The number of aliphatic hydroxyl groups excluding tert-OH is 1. The number of aromatic nitrogens is 2. The Bertz CT molecular complexity index is 586. The van der Waals surface area contributed by atoms with Gasteiger partial charge in [-0.3, -0.25) is 5.10 Å². The Morgan fingerprint density at radius 1 is 1.38 bits per heavy atom. The molecule has 3 rings (SSSR count). The van der Waals surface area contributed by atoms with Crippen LogP contribution in [0.25, 0.3) is 11.3 Å². The fourth-order valence-corrected chi connectivity index (χ4v) is 2.54. The van der Waals surface area contributed by atoms with Crippen LogP contribution in [-0.4, -0.2) is 34.6 Å². The fourth-order valence-electron chi connectivity index (χ4n) is 2.54. The molecule has 5 heteroatoms. The minimum Gasteiger partial charge on any atom is -0.491 e. The highest BCUT2D eigenvalue weighted by molar-refractivity contribution is 5.64. The zero-order chi connectivity index (χ0) is 14.7. The molecule has 0 amide bonds. The summed E-state index contributed by atoms with van der Waals surface area (Å²) in [6, 6.07) is 7.85. The van der Waals surface area contributed by atoms with E-state index in [1.807, 2.05) is 31.2 Å². The maximum absolute atomic E-state index is 9.19. The van der Waals surface area contributed by atoms with Crippen molar-refractivity contribution >= 4 is 0 Å². The van der Waals surface area contributed by atoms with Crippen LogP contribution < -0.4 is 4.74 Å². The number of hydrogen-bond donors (Lipinski definition) is 2. The van der Waals surface area contributed by atoms with Crippen molar-refractivity contribution in [3.63, 3.8) is 0 Å². The number of H-pyrrole nitrogens is 1. The van der Waals surface area contributed by atoms with E-state index in [4.69, 9.17) is 9.47 Å². The van der Waals surface area contributed by atoms with Crippen molar-refractivity contribution in [2.24, 2.45) is 0 Å². The Morgan fingerprint density at radius 3 is 2.81 bits per heavy atom. The first kappa shape index (κ1) is 14.1. The Morgan fingerprint density at radius 2 is 2.19 bits per heavy atom. The molecule has 112 valence electrons. The number of aliphatic hydroxyl groups is 1. The molecular weight excluding hydrogens is 268 g/mol. The van der Waals surface area contributed by atoms with Crippen LogP contribution in [-0.2, 0) is 11.3 Å². The van der Waals surface area contributed by atoms with Crippen molar-refractivity contribution in [3.8, 4) is 17.0 Å². The number of ether oxygens (including phenoxy) is 2. The predicted octanol–water partition coefficient (Wildman–Crippen LogP) is 2.44. The summed E-state index contributed by atoms with van der Waals surface area (Å²) in [5.41, 5.74) is 3.60. The van der Waals surface area contributed by atoms with Crippen LogP contribution in [0.5, 0.6) is 5.75 Å². The number of benzene rings is 1. The molecular formula is C16H20N2O3. The molecule has 0 bridgehead atoms. The summed E-state index contributed by atoms with van der Waals surface area (Å²) in [6.45, 7) is 3.38. The molecule has 2 aromatic rings. The lowest BCUT2D eigenvalue weighted by Gasteiger charge is -2.11. The topological polar surface area (TPSA) is 67.4 Å². The summed E-state index contributed by atoms with van der Waals surface area (Å²) in [5, 5.41) is 16.3. The van der Waals surface area contributed by atoms with E-state index in [0.717, 1.165) is 47.7 Å². The average Bonchev–Trinajstić information content (AvgIpc) is 3.15. The Balaban J connectivity index is 1.66. The smallest absolute Gasteiger partial charge is 0.119 e. The normalized spacial score (nSPS) is 18.1. The van der Waals surface area contributed by atoms with Crippen molar-refractivity contribution in [1.82, 2.24) is 10.2 Å². The average molecular weight is 288 g/mol. The van der Waals surface area contributed by atoms with Gasteiger partial charge in [0, 0.05) is 17.7 Å². The molecule has 2 heterocycles. The Kier molecular flexibility index (Phi) is 4.22. The molecule has 1 saturated heterocycles. The second-order valence-electron chi connectivity index (χ2n) is 5.30. The first-order chi connectivity index (χ1) is 10.3. The molecule has 1 aromatic heterocycles. The van der Waals surface area contributed by atoms with Gasteiger partial charge in [0.15, 0.2) is 0 Å². The van der Waals surface area contributed by atoms with Crippen molar-refractivity contribution in [2.45, 2.75) is 32.5 Å². The maximum Gasteiger partial charge on any atom is 0.119 e. The molecule has 0 spiro atoms. The summed E-state index contributed by atoms with van der Waals surface area (Å²) >= 11 is 0. The third kappa shape index (κ3) is 3.09. The molecule has 0 radical (unpaired) electrons. The van der Waals surface area contributed by atoms with Gasteiger partial charge in [0.1, 0.15) is 12.4 Å². The molecule has 0 aliphatic carbocycles. The van der Waals surface area contributed by atoms with Crippen molar-refractivity contribution in [1.29, 1.82) is 0 Å². The van der Waals surface area contributed by atoms with Crippen LogP contribution in [0.4, 0.5) is 0 Å². The molecule has 5 nitrogen and oxygen atoms in total. The molecule has 1 atom stereocenters. The lowest BCUT2D eigenvalue weighted by molar-refractivity contribution is 0.0679. The molecule has 1 aliphatic rings. The van der Waals surface area contributed by atoms with Gasteiger partial charge in [0.2, 0.25) is 0 Å². The fraction of sp³-hybridized carbons (Fsp3) is 0.438. The van der Waals surface area contributed by atoms with Crippen LogP contribution in [0.1, 0.15) is 24.1 Å². The van der Waals surface area contributed by atoms with E-state index in [1.165, 1.54) is 0 Å². The van der Waals surface area contributed by atoms with Gasteiger partial charge in [-0.05, 0) is 44.0 Å². The Labute approximate surface area is 123 Å². The van der Waals surface area contributed by atoms with E-state index in [9.17, 15) is 5.11 Å². The summed E-state index contributed by atoms with van der Waals surface area (Å²) in [6.07, 6.45) is 2.43. The molecule has 21 heavy (non-hydrogen) atoms. The lowest BCUT2D eigenvalue weighted by Crippen LogP contribution is -2.16. The van der Waals surface area contributed by atoms with Gasteiger partial charge in [-0.25, -0.2) is 0 Å². The molecule has 2 N–H and O–H groups in total. The van der Waals surface area contributed by atoms with Crippen LogP contribution in [0, 0.1) is 6.92 Å². The number of aromatic amines is 1. The zero-order valence-corrected chi connectivity index (χ0v) is 12.1. The van der Waals surface area contributed by atoms with Gasteiger partial charge in [-0.2, -0.15) is 5.10 Å². The highest BCUT2D eigenvalue weighted by Gasteiger charge is 2.16. The van der Waals surface area contributed by atoms with Crippen LogP contribution in [0.15, 0.2) is 24.3 Å². The van der Waals surface area contributed by atoms with E-state index in [2.05, 4.69) is 10.2 Å². The minimum atomic E-state index is -0.0264. The van der Waals surface area contributed by atoms with Crippen molar-refractivity contribution < 1.29 is 14.6 Å². The zero-order valence-electron chi connectivity index (χ0n) is 12.1. The lowest BCUT2D eigenvalue weighted by atomic mass is 10.1. The molecule has 1 aliphatic heterocycles. The van der Waals surface area contributed by atoms with E-state index < -0.39 is 0 Å². The molecule has 1 aromatic carbocycles. The van der Waals surface area contributed by atoms with Crippen molar-refractivity contribution in [2.75, 3.05) is 13.2 Å². The number of nitrogens with zero attached hydrogens (tertiary/aromatic N) is 1. The highest BCUT2D eigenvalue weighted by Crippen LogP contribution is 2.25. The second-order valence-corrected chi connectivity index (χ2v) is 5.30. The SMILES string of the molecule is Cc1c(-c2ccc(OCC3CCCO3)cc2)n[nH]c1CO. The summed E-state index contributed by atoms with van der Waals surface area (Å²) in [7, 11) is 0. The largest absolute Gasteiger partial charge is 0.491 e. The van der Waals surface area contributed by atoms with Gasteiger partial charge >= 0.3 is 0 Å². The minimum absolute atomic E-state index is 0.0264. The highest BCUT2D eigenvalue weighted by atomic mass is 16.5. The first-order valence-electron chi connectivity index (χ1n) is 7.27. The quantitative estimate of drug-likeness (QED) is 0.886. The maximum atomic E-state index is 9.19. The van der Waals surface area contributed by atoms with Crippen LogP contribution in [0.2, 0.25) is 0 Å². The number of nitrogens with one attached hydrogen (secondary N) is 1. The number of rotatable bonds is 5. The van der Waals surface area contributed by atoms with Crippen LogP contribution >= 0.6 is 0 Å². The van der Waals surface area contributed by atoms with E-state index in [0.29, 0.717) is 6.61 Å². The van der Waals surface area contributed by atoms with E-state index in [-0.39, 0.29) is 12.7 Å². The monoisotopic (exact) mass is 288 g/mol. The van der Waals surface area contributed by atoms with Gasteiger partial charge in [-0.1, -0.05) is 0 Å². The molecule has 1 fully saturated rings. The van der Waals surface area contributed by atoms with Gasteiger partial charge in [-0.15, -0.1) is 0 Å². The second kappa shape index (κ2) is 6.28. The summed E-state index contributed by atoms with van der Waals surface area (Å²) in [4.78, 5) is 0. The summed E-state index contributed by atoms with van der Waals surface area (Å²) in [5.74, 6) is 0.838. The molecule has 0 saturated carbocycles. The third-order valence-corrected chi connectivity index (χ3v) is 3.86. The van der Waals surface area contributed by atoms with E-state index >= 15 is 0 Å². The third-order valence-electron chi connectivity index (χ3n) is 3.86. The Hall–Kier alpha value is -1.85. The summed E-state index contributed by atoms with van der Waals surface area (Å²) < 4.78 is 11.3. The van der Waals surface area contributed by atoms with Gasteiger partial charge in [0.25, 0.3) is 0 Å². The first-order valence-corrected chi connectivity index (χ1v) is 7.27. The number of hydrogen-bond acceptors (Lipinski definition) is 4. The van der Waals surface area contributed by atoms with Crippen molar-refractivity contribution in [3.05, 3.63) is 35.5 Å². The molecule has 1 unspecified atom stereocenters. The van der Waals surface area contributed by atoms with Gasteiger partial charge < -0.3 is 14.6 Å². The van der Waals surface area contributed by atoms with E-state index in [1.54, 1.807) is 0 Å². The predicted molar refractivity (Wildman–Crippen MR) is 79.2 cm³/mol.